The second-order valence-corrected chi connectivity index (χ2v) is 6.67. The summed E-state index contributed by atoms with van der Waals surface area (Å²) in [5, 5.41) is 17.1. The minimum absolute atomic E-state index is 0.0230. The summed E-state index contributed by atoms with van der Waals surface area (Å²) in [5.74, 6) is 0. The van der Waals surface area contributed by atoms with Gasteiger partial charge in [-0.05, 0) is 0 Å². The van der Waals surface area contributed by atoms with Crippen LogP contribution in [0.4, 0.5) is 0 Å². The molecule has 0 saturated carbocycles. The Morgan fingerprint density at radius 1 is 0.303 bits per heavy atom. The first kappa shape index (κ1) is 32.9. The zero-order valence-corrected chi connectivity index (χ0v) is 20.3. The van der Waals surface area contributed by atoms with Crippen molar-refractivity contribution in [2.45, 2.75) is 0 Å². The van der Waals surface area contributed by atoms with Gasteiger partial charge in [0.15, 0.2) is 12.3 Å². The second kappa shape index (κ2) is 31.9. The van der Waals surface area contributed by atoms with Gasteiger partial charge in [0.25, 0.3) is 0 Å². The monoisotopic (exact) mass is 506 g/mol. The lowest BCUT2D eigenvalue weighted by atomic mass is 10.7. The van der Waals surface area contributed by atoms with Gasteiger partial charge in [-0.2, -0.15) is 0 Å². The summed E-state index contributed by atoms with van der Waals surface area (Å²) >= 11 is 0.918. The Bertz CT molecular complexity index is 314. The van der Waals surface area contributed by atoms with Crippen molar-refractivity contribution in [3.05, 3.63) is 0 Å². The molecule has 0 aliphatic carbocycles. The van der Waals surface area contributed by atoms with E-state index in [4.69, 9.17) is 56.5 Å². The van der Waals surface area contributed by atoms with Crippen molar-refractivity contribution in [3.8, 4) is 0 Å². The zero-order chi connectivity index (χ0) is 23.9. The van der Waals surface area contributed by atoms with E-state index in [0.717, 1.165) is 12.3 Å². The summed E-state index contributed by atoms with van der Waals surface area (Å²) in [6.45, 7) is 8.25. The average Bonchev–Trinajstić information content (AvgIpc) is 2.83. The van der Waals surface area contributed by atoms with E-state index in [1.165, 1.54) is 0 Å². The van der Waals surface area contributed by atoms with E-state index in [2.05, 4.69) is 0 Å². The molecule has 0 fully saturated rings. The van der Waals surface area contributed by atoms with E-state index >= 15 is 0 Å². The predicted molar refractivity (Wildman–Crippen MR) is 120 cm³/mol. The number of rotatable bonds is 30. The maximum absolute atomic E-state index is 8.54. The molecule has 0 aliphatic rings. The highest BCUT2D eigenvalue weighted by Crippen LogP contribution is 2.03. The van der Waals surface area contributed by atoms with Gasteiger partial charge in [0.05, 0.1) is 132 Å². The van der Waals surface area contributed by atoms with Crippen molar-refractivity contribution in [3.63, 3.8) is 0 Å². The largest absolute Gasteiger partial charge is 0.394 e. The lowest BCUT2D eigenvalue weighted by Gasteiger charge is -2.08. The van der Waals surface area contributed by atoms with Crippen LogP contribution in [0.1, 0.15) is 0 Å². The molecule has 0 bridgehead atoms. The minimum Gasteiger partial charge on any atom is -0.394 e. The van der Waals surface area contributed by atoms with Crippen LogP contribution in [0.5, 0.6) is 0 Å². The van der Waals surface area contributed by atoms with E-state index in [9.17, 15) is 0 Å². The quantitative estimate of drug-likeness (QED) is 0.0976. The third-order valence-corrected chi connectivity index (χ3v) is 3.95. The molecule has 0 saturated heterocycles. The molecule has 0 aliphatic heterocycles. The van der Waals surface area contributed by atoms with Crippen LogP contribution in [0.2, 0.25) is 0 Å². The molecule has 0 radical (unpaired) electrons. The standard InChI is InChI=1S/C20H42O12S/c21-1-3-23-5-7-25-9-11-27-13-15-29-17-19-31-33-32-20-18-30-16-14-28-12-10-26-8-6-24-4-2-22/h21-22H,1-20H2. The van der Waals surface area contributed by atoms with Crippen molar-refractivity contribution < 1.29 is 56.5 Å². The minimum atomic E-state index is 0.0230. The normalized spacial score (nSPS) is 11.5. The molecule has 13 heteroatoms. The maximum Gasteiger partial charge on any atom is 0.158 e. The summed E-state index contributed by atoms with van der Waals surface area (Å²) in [4.78, 5) is 0. The molecule has 0 aromatic carbocycles. The van der Waals surface area contributed by atoms with E-state index in [-0.39, 0.29) is 13.2 Å². The zero-order valence-electron chi connectivity index (χ0n) is 19.5. The topological polar surface area (TPSA) is 133 Å². The van der Waals surface area contributed by atoms with Gasteiger partial charge in [-0.25, -0.2) is 0 Å². The molecule has 0 aromatic heterocycles. The van der Waals surface area contributed by atoms with Gasteiger partial charge < -0.3 is 48.1 Å². The predicted octanol–water partition coefficient (Wildman–Crippen LogP) is -0.300. The van der Waals surface area contributed by atoms with Gasteiger partial charge in [0.1, 0.15) is 0 Å². The fourth-order valence-electron chi connectivity index (χ4n) is 1.94. The first-order chi connectivity index (χ1) is 16.4. The molecule has 0 rings (SSSR count). The summed E-state index contributed by atoms with van der Waals surface area (Å²) < 4.78 is 52.6. The van der Waals surface area contributed by atoms with Crippen LogP contribution < -0.4 is 0 Å². The van der Waals surface area contributed by atoms with Gasteiger partial charge in [-0.15, -0.1) is 0 Å². The van der Waals surface area contributed by atoms with Crippen LogP contribution in [0.25, 0.3) is 0 Å². The number of aliphatic hydroxyl groups excluding tert-OH is 2. The van der Waals surface area contributed by atoms with Gasteiger partial charge in [-0.3, -0.25) is 8.37 Å². The fourth-order valence-corrected chi connectivity index (χ4v) is 2.28. The van der Waals surface area contributed by atoms with Crippen molar-refractivity contribution >= 4 is 12.3 Å². The molecule has 0 atom stereocenters. The molecule has 33 heavy (non-hydrogen) atoms. The number of aliphatic hydroxyl groups is 2. The van der Waals surface area contributed by atoms with E-state index in [1.54, 1.807) is 0 Å². The molecular formula is C20H42O12S. The molecule has 0 heterocycles. The highest BCUT2D eigenvalue weighted by Gasteiger charge is 1.96. The lowest BCUT2D eigenvalue weighted by Crippen LogP contribution is -2.13. The number of hydrogen-bond donors (Lipinski definition) is 2. The number of ether oxygens (including phenoxy) is 8. The molecule has 0 unspecified atom stereocenters. The van der Waals surface area contributed by atoms with Crippen LogP contribution in [0.3, 0.4) is 0 Å². The van der Waals surface area contributed by atoms with Crippen molar-refractivity contribution in [1.82, 2.24) is 0 Å². The lowest BCUT2D eigenvalue weighted by molar-refractivity contribution is -0.00858. The molecule has 0 amide bonds. The first-order valence-electron chi connectivity index (χ1n) is 11.2. The number of hydrogen-bond acceptors (Lipinski definition) is 13. The first-order valence-corrected chi connectivity index (χ1v) is 11.8. The van der Waals surface area contributed by atoms with Crippen LogP contribution in [-0.4, -0.2) is 142 Å². The smallest absolute Gasteiger partial charge is 0.158 e. The highest BCUT2D eigenvalue weighted by molar-refractivity contribution is 7.89. The molecule has 200 valence electrons. The van der Waals surface area contributed by atoms with Crippen LogP contribution in [-0.2, 0) is 46.3 Å². The maximum atomic E-state index is 8.54. The van der Waals surface area contributed by atoms with Crippen LogP contribution in [0.15, 0.2) is 0 Å². The molecule has 0 spiro atoms. The van der Waals surface area contributed by atoms with Crippen LogP contribution in [0, 0.1) is 0 Å². The van der Waals surface area contributed by atoms with Crippen molar-refractivity contribution in [2.24, 2.45) is 0 Å². The Hall–Kier alpha value is -0.130. The third-order valence-electron chi connectivity index (χ3n) is 3.42. The Morgan fingerprint density at radius 2 is 0.515 bits per heavy atom. The van der Waals surface area contributed by atoms with Gasteiger partial charge in [-0.1, -0.05) is 0 Å². The Balaban J connectivity index is 2.99. The molecule has 2 N–H and O–H groups in total. The SMILES string of the molecule is OCCOCCOCCOCCOCCOSOCCOCCOCCOCCOCCO. The van der Waals surface area contributed by atoms with E-state index in [0.29, 0.717) is 119 Å². The van der Waals surface area contributed by atoms with Crippen LogP contribution >= 0.6 is 12.3 Å². The molecule has 12 nitrogen and oxygen atoms in total. The summed E-state index contributed by atoms with van der Waals surface area (Å²) in [5.41, 5.74) is 0. The van der Waals surface area contributed by atoms with Gasteiger partial charge in [0, 0.05) is 0 Å². The van der Waals surface area contributed by atoms with E-state index < -0.39 is 0 Å². The third kappa shape index (κ3) is 31.9. The Kier molecular flexibility index (Phi) is 31.7. The van der Waals surface area contributed by atoms with Gasteiger partial charge >= 0.3 is 0 Å². The van der Waals surface area contributed by atoms with Crippen molar-refractivity contribution in [2.75, 3.05) is 132 Å². The summed E-state index contributed by atoms with van der Waals surface area (Å²) in [6, 6.07) is 0. The molecule has 0 aromatic rings. The Morgan fingerprint density at radius 3 is 0.758 bits per heavy atom. The van der Waals surface area contributed by atoms with Crippen molar-refractivity contribution in [1.29, 1.82) is 0 Å². The average molecular weight is 507 g/mol. The Labute approximate surface area is 201 Å². The summed E-state index contributed by atoms with van der Waals surface area (Å²) in [6.07, 6.45) is 0. The highest BCUT2D eigenvalue weighted by atomic mass is 32.2. The second-order valence-electron chi connectivity index (χ2n) is 6.06. The van der Waals surface area contributed by atoms with Gasteiger partial charge in [0.2, 0.25) is 0 Å². The fraction of sp³-hybridized carbons (Fsp3) is 1.00. The summed E-state index contributed by atoms with van der Waals surface area (Å²) in [7, 11) is 0. The van der Waals surface area contributed by atoms with E-state index in [1.807, 2.05) is 0 Å². The molecular weight excluding hydrogens is 464 g/mol.